The lowest BCUT2D eigenvalue weighted by atomic mass is 9.30. The lowest BCUT2D eigenvalue weighted by Crippen LogP contribution is -2.77. The van der Waals surface area contributed by atoms with Gasteiger partial charge in [-0.2, -0.15) is 0 Å². The van der Waals surface area contributed by atoms with Crippen LogP contribution in [-0.4, -0.2) is 45.7 Å². The first-order valence-corrected chi connectivity index (χ1v) is 20.2. The monoisotopic (exact) mass is 713 g/mol. The SMILES string of the molecule is C=CNCCC(O)C(O)C12CC[C@@H](C(=C)C)[C@@H]1C1(N)CC[C@H]3C(C)(CC[C@H]4C(C)(C)C(OC(=C)CC(C)(C)CC(=O)S)CC[C@@]43C)[C@]1(C)CC2. The number of allylic oxidation sites excluding steroid dienone is 2. The third-order valence-corrected chi connectivity index (χ3v) is 16.8. The quantitative estimate of drug-likeness (QED) is 0.0567. The van der Waals surface area contributed by atoms with Crippen LogP contribution in [0.4, 0.5) is 0 Å². The summed E-state index contributed by atoms with van der Waals surface area (Å²) < 4.78 is 6.75. The van der Waals surface area contributed by atoms with Crippen molar-refractivity contribution in [1.82, 2.24) is 5.32 Å². The Balaban J connectivity index is 1.43. The number of rotatable bonds is 13. The molecule has 5 rings (SSSR count). The second-order valence-electron chi connectivity index (χ2n) is 20.1. The van der Waals surface area contributed by atoms with Crippen LogP contribution in [0.2, 0.25) is 0 Å². The molecule has 6 unspecified atom stereocenters. The fraction of sp³-hybridized carbons (Fsp3) is 0.837. The molecule has 50 heavy (non-hydrogen) atoms. The number of thiol groups is 1. The lowest BCUT2D eigenvalue weighted by molar-refractivity contribution is -0.264. The van der Waals surface area contributed by atoms with Gasteiger partial charge in [-0.15, -0.1) is 12.6 Å². The van der Waals surface area contributed by atoms with E-state index in [1.807, 2.05) is 0 Å². The standard InChI is InChI=1S/C43H72N2O4S/c1-12-45-24-17-30(46)36(48)42-20-13-29(27(2)3)35(42)43(44)21-15-32-39(9)18-16-33(49-28(4)25-37(5,6)26-34(47)50)38(7,8)31(39)14-19-40(32,10)41(43,11)22-23-42/h12,29-33,35-36,45-46,48H,1-2,4,13-26,44H2,3,5-11H3,(H,47,50)/t29-,30?,31-,32+,33?,35-,36?,39-,40?,41-,42?,43?/m0/s1. The minimum Gasteiger partial charge on any atom is -0.495 e. The van der Waals surface area contributed by atoms with Crippen LogP contribution in [0.3, 0.4) is 0 Å². The first-order valence-electron chi connectivity index (χ1n) is 19.8. The summed E-state index contributed by atoms with van der Waals surface area (Å²) in [6.45, 7) is 32.1. The van der Waals surface area contributed by atoms with E-state index in [0.717, 1.165) is 70.0 Å². The molecular formula is C43H72N2O4S. The topological polar surface area (TPSA) is 105 Å². The Bertz CT molecular complexity index is 1350. The number of ether oxygens (including phenoxy) is 1. The van der Waals surface area contributed by atoms with E-state index in [2.05, 4.69) is 93.1 Å². The number of hydrogen-bond acceptors (Lipinski definition) is 6. The van der Waals surface area contributed by atoms with Gasteiger partial charge >= 0.3 is 0 Å². The van der Waals surface area contributed by atoms with Crippen molar-refractivity contribution in [3.05, 3.63) is 37.3 Å². The van der Waals surface area contributed by atoms with Crippen molar-refractivity contribution < 1.29 is 19.7 Å². The molecule has 5 aliphatic carbocycles. The van der Waals surface area contributed by atoms with Gasteiger partial charge in [0.15, 0.2) is 5.12 Å². The summed E-state index contributed by atoms with van der Waals surface area (Å²) >= 11 is 4.04. The maximum atomic E-state index is 12.1. The van der Waals surface area contributed by atoms with Crippen molar-refractivity contribution in [1.29, 1.82) is 0 Å². The largest absolute Gasteiger partial charge is 0.495 e. The molecule has 5 N–H and O–H groups in total. The van der Waals surface area contributed by atoms with Gasteiger partial charge in [0, 0.05) is 35.8 Å². The zero-order valence-corrected chi connectivity index (χ0v) is 33.8. The van der Waals surface area contributed by atoms with Gasteiger partial charge in [0.05, 0.1) is 18.0 Å². The molecule has 5 fully saturated rings. The number of fused-ring (bicyclic) bond motifs is 7. The lowest BCUT2D eigenvalue weighted by Gasteiger charge is -2.76. The van der Waals surface area contributed by atoms with E-state index in [-0.39, 0.29) is 50.1 Å². The van der Waals surface area contributed by atoms with Gasteiger partial charge in [-0.25, -0.2) is 0 Å². The van der Waals surface area contributed by atoms with Gasteiger partial charge in [-0.1, -0.05) is 73.8 Å². The molecule has 0 radical (unpaired) electrons. The highest BCUT2D eigenvalue weighted by atomic mass is 32.1. The molecule has 0 saturated heterocycles. The molecule has 0 spiro atoms. The summed E-state index contributed by atoms with van der Waals surface area (Å²) in [5.74, 6) is 2.16. The van der Waals surface area contributed by atoms with Gasteiger partial charge in [-0.05, 0) is 129 Å². The van der Waals surface area contributed by atoms with E-state index >= 15 is 0 Å². The van der Waals surface area contributed by atoms with Gasteiger partial charge in [0.1, 0.15) is 6.10 Å². The zero-order valence-electron chi connectivity index (χ0n) is 32.9. The molecule has 0 aromatic carbocycles. The first-order chi connectivity index (χ1) is 23.1. The van der Waals surface area contributed by atoms with E-state index in [4.69, 9.17) is 10.5 Å². The third kappa shape index (κ3) is 6.08. The summed E-state index contributed by atoms with van der Waals surface area (Å²) in [5, 5.41) is 26.5. The summed E-state index contributed by atoms with van der Waals surface area (Å²) in [7, 11) is 0. The van der Waals surface area contributed by atoms with Crippen LogP contribution in [0.15, 0.2) is 37.3 Å². The number of carbonyl (C=O) groups is 1. The molecule has 0 aromatic rings. The molecule has 7 heteroatoms. The minimum atomic E-state index is -0.818. The molecule has 0 heterocycles. The number of aliphatic hydroxyl groups is 2. The summed E-state index contributed by atoms with van der Waals surface area (Å²) in [6, 6.07) is 0. The molecule has 12 atom stereocenters. The Hall–Kier alpha value is -1.28. The number of aliphatic hydroxyl groups excluding tert-OH is 2. The number of carbonyl (C=O) groups excluding carboxylic acids is 1. The predicted octanol–water partition coefficient (Wildman–Crippen LogP) is 8.73. The molecule has 5 aliphatic rings. The van der Waals surface area contributed by atoms with Crippen molar-refractivity contribution in [2.75, 3.05) is 6.54 Å². The number of hydrogen-bond donors (Lipinski definition) is 5. The van der Waals surface area contributed by atoms with Crippen molar-refractivity contribution in [3.63, 3.8) is 0 Å². The summed E-state index contributed by atoms with van der Waals surface area (Å²) in [4.78, 5) is 11.8. The molecule has 0 aliphatic heterocycles. The molecule has 5 saturated carbocycles. The van der Waals surface area contributed by atoms with E-state index in [1.165, 1.54) is 5.57 Å². The normalized spacial score (nSPS) is 43.2. The molecule has 0 amide bonds. The van der Waals surface area contributed by atoms with Gasteiger partial charge in [-0.3, -0.25) is 4.79 Å². The van der Waals surface area contributed by atoms with Crippen molar-refractivity contribution in [2.45, 2.75) is 163 Å². The number of nitrogens with one attached hydrogen (secondary N) is 1. The molecular weight excluding hydrogens is 641 g/mol. The Morgan fingerprint density at radius 2 is 1.64 bits per heavy atom. The van der Waals surface area contributed by atoms with Crippen LogP contribution < -0.4 is 11.1 Å². The van der Waals surface area contributed by atoms with Crippen LogP contribution >= 0.6 is 12.6 Å². The maximum Gasteiger partial charge on any atom is 0.186 e. The average molecular weight is 713 g/mol. The Morgan fingerprint density at radius 1 is 0.980 bits per heavy atom. The van der Waals surface area contributed by atoms with Gasteiger partial charge < -0.3 is 26.0 Å². The Kier molecular flexibility index (Phi) is 10.8. The van der Waals surface area contributed by atoms with Crippen LogP contribution in [0, 0.1) is 56.2 Å². The van der Waals surface area contributed by atoms with Crippen molar-refractivity contribution in [2.24, 2.45) is 61.9 Å². The van der Waals surface area contributed by atoms with Crippen LogP contribution in [-0.2, 0) is 9.53 Å². The fourth-order valence-corrected chi connectivity index (χ4v) is 14.6. The highest BCUT2D eigenvalue weighted by Gasteiger charge is 2.76. The van der Waals surface area contributed by atoms with Crippen molar-refractivity contribution in [3.8, 4) is 0 Å². The third-order valence-electron chi connectivity index (χ3n) is 16.6. The average Bonchev–Trinajstić information content (AvgIpc) is 3.41. The minimum absolute atomic E-state index is 0.0299. The highest BCUT2D eigenvalue weighted by Crippen LogP contribution is 2.78. The Labute approximate surface area is 310 Å². The van der Waals surface area contributed by atoms with Gasteiger partial charge in [0.2, 0.25) is 0 Å². The summed E-state index contributed by atoms with van der Waals surface area (Å²) in [6.07, 6.45) is 11.8. The van der Waals surface area contributed by atoms with E-state index < -0.39 is 23.2 Å². The fourth-order valence-electron chi connectivity index (χ4n) is 14.2. The number of nitrogens with two attached hydrogens (primary N) is 1. The predicted molar refractivity (Wildman–Crippen MR) is 208 cm³/mol. The Morgan fingerprint density at radius 3 is 2.26 bits per heavy atom. The highest BCUT2D eigenvalue weighted by molar-refractivity contribution is 7.96. The van der Waals surface area contributed by atoms with Crippen LogP contribution in [0.25, 0.3) is 0 Å². The maximum absolute atomic E-state index is 12.1. The second kappa shape index (κ2) is 13.5. The molecule has 0 bridgehead atoms. The van der Waals surface area contributed by atoms with Gasteiger partial charge in [0.25, 0.3) is 0 Å². The van der Waals surface area contributed by atoms with Crippen molar-refractivity contribution >= 4 is 17.7 Å². The van der Waals surface area contributed by atoms with E-state index in [9.17, 15) is 15.0 Å². The smallest absolute Gasteiger partial charge is 0.186 e. The van der Waals surface area contributed by atoms with Crippen LogP contribution in [0.1, 0.15) is 139 Å². The van der Waals surface area contributed by atoms with Crippen LogP contribution in [0.5, 0.6) is 0 Å². The first kappa shape index (κ1) is 39.9. The van der Waals surface area contributed by atoms with E-state index in [0.29, 0.717) is 37.6 Å². The molecule has 6 nitrogen and oxygen atoms in total. The molecule has 284 valence electrons. The molecule has 0 aromatic heterocycles. The zero-order chi connectivity index (χ0) is 37.3. The van der Waals surface area contributed by atoms with E-state index in [1.54, 1.807) is 6.20 Å². The second-order valence-corrected chi connectivity index (χ2v) is 20.6. The summed E-state index contributed by atoms with van der Waals surface area (Å²) in [5.41, 5.74) is 8.18.